The minimum Gasteiger partial charge on any atom is -0.378 e. The fourth-order valence-corrected chi connectivity index (χ4v) is 2.21. The molecule has 6 heteroatoms. The number of aryl methyl sites for hydroxylation is 1. The van der Waals surface area contributed by atoms with Gasteiger partial charge < -0.3 is 4.90 Å². The second-order valence-electron chi connectivity index (χ2n) is 4.34. The van der Waals surface area contributed by atoms with Crippen molar-refractivity contribution < 1.29 is 13.0 Å². The van der Waals surface area contributed by atoms with Gasteiger partial charge in [0.25, 0.3) is 10.1 Å². The Kier molecular flexibility index (Phi) is 5.66. The van der Waals surface area contributed by atoms with Crippen molar-refractivity contribution in [1.82, 2.24) is 4.98 Å². The monoisotopic (exact) mass is 294 g/mol. The lowest BCUT2D eigenvalue weighted by molar-refractivity contribution is 0.482. The summed E-state index contributed by atoms with van der Waals surface area (Å²) in [7, 11) is -0.0150. The molecule has 1 aromatic carbocycles. The summed E-state index contributed by atoms with van der Waals surface area (Å²) in [6.45, 7) is 1.63. The van der Waals surface area contributed by atoms with Gasteiger partial charge in [-0.25, -0.2) is 0 Å². The molecule has 0 aliphatic heterocycles. The first-order valence-corrected chi connectivity index (χ1v) is 7.37. The van der Waals surface area contributed by atoms with Crippen LogP contribution in [0.2, 0.25) is 0 Å². The molecule has 20 heavy (non-hydrogen) atoms. The van der Waals surface area contributed by atoms with E-state index in [0.29, 0.717) is 5.56 Å². The lowest BCUT2D eigenvalue weighted by Crippen LogP contribution is -2.07. The molecule has 0 atom stereocenters. The van der Waals surface area contributed by atoms with E-state index in [1.165, 1.54) is 11.8 Å². The van der Waals surface area contributed by atoms with Gasteiger partial charge in [0.15, 0.2) is 0 Å². The highest BCUT2D eigenvalue weighted by molar-refractivity contribution is 7.85. The van der Waals surface area contributed by atoms with Crippen LogP contribution in [-0.2, 0) is 10.1 Å². The second-order valence-corrected chi connectivity index (χ2v) is 5.73. The molecule has 2 aromatic rings. The van der Waals surface area contributed by atoms with Crippen LogP contribution < -0.4 is 4.90 Å². The molecule has 0 unspecified atom stereocenters. The van der Waals surface area contributed by atoms with Crippen molar-refractivity contribution in [3.8, 4) is 0 Å². The number of rotatable bonds is 2. The van der Waals surface area contributed by atoms with Crippen LogP contribution in [0.3, 0.4) is 0 Å². The van der Waals surface area contributed by atoms with E-state index < -0.39 is 10.1 Å². The highest BCUT2D eigenvalue weighted by atomic mass is 32.2. The fourth-order valence-electron chi connectivity index (χ4n) is 1.49. The van der Waals surface area contributed by atoms with E-state index in [4.69, 9.17) is 4.55 Å². The van der Waals surface area contributed by atoms with E-state index in [9.17, 15) is 8.42 Å². The summed E-state index contributed by atoms with van der Waals surface area (Å²) in [4.78, 5) is 5.92. The normalized spacial score (nSPS) is 10.4. The zero-order valence-corrected chi connectivity index (χ0v) is 12.5. The lowest BCUT2D eigenvalue weighted by Gasteiger charge is -2.10. The van der Waals surface area contributed by atoms with Crippen molar-refractivity contribution in [2.45, 2.75) is 11.8 Å². The van der Waals surface area contributed by atoms with Crippen LogP contribution in [0.25, 0.3) is 0 Å². The van der Waals surface area contributed by atoms with E-state index in [1.54, 1.807) is 37.5 Å². The Hall–Kier alpha value is -1.92. The molecule has 0 saturated carbocycles. The number of hydrogen-bond donors (Lipinski definition) is 1. The van der Waals surface area contributed by atoms with Crippen LogP contribution in [-0.4, -0.2) is 32.0 Å². The Morgan fingerprint density at radius 1 is 1.05 bits per heavy atom. The van der Waals surface area contributed by atoms with Gasteiger partial charge in [0, 0.05) is 32.2 Å². The van der Waals surface area contributed by atoms with Crippen LogP contribution in [0, 0.1) is 6.92 Å². The zero-order valence-electron chi connectivity index (χ0n) is 11.7. The van der Waals surface area contributed by atoms with Crippen molar-refractivity contribution in [3.05, 3.63) is 54.4 Å². The molecule has 0 aliphatic rings. The number of aromatic nitrogens is 1. The van der Waals surface area contributed by atoms with Gasteiger partial charge in [-0.05, 0) is 30.7 Å². The van der Waals surface area contributed by atoms with Gasteiger partial charge in [-0.2, -0.15) is 8.42 Å². The molecule has 1 aromatic heterocycles. The maximum Gasteiger partial charge on any atom is 0.294 e. The van der Waals surface area contributed by atoms with E-state index >= 15 is 0 Å². The quantitative estimate of drug-likeness (QED) is 0.861. The summed E-state index contributed by atoms with van der Waals surface area (Å²) in [5, 5.41) is 0. The van der Waals surface area contributed by atoms with Gasteiger partial charge in [-0.15, -0.1) is 0 Å². The topological polar surface area (TPSA) is 70.5 Å². The summed E-state index contributed by atoms with van der Waals surface area (Å²) < 4.78 is 29.9. The molecule has 108 valence electrons. The van der Waals surface area contributed by atoms with Gasteiger partial charge in [-0.1, -0.05) is 18.2 Å². The summed E-state index contributed by atoms with van der Waals surface area (Å²) in [5.74, 6) is 0. The summed E-state index contributed by atoms with van der Waals surface area (Å²) in [5.41, 5.74) is 1.74. The number of anilines is 1. The molecule has 0 amide bonds. The van der Waals surface area contributed by atoms with E-state index in [2.05, 4.69) is 4.98 Å². The van der Waals surface area contributed by atoms with Gasteiger partial charge in [0.1, 0.15) is 0 Å². The maximum atomic E-state index is 10.6. The Labute approximate surface area is 119 Å². The highest BCUT2D eigenvalue weighted by Crippen LogP contribution is 2.12. The van der Waals surface area contributed by atoms with Crippen molar-refractivity contribution in [3.63, 3.8) is 0 Å². The molecule has 0 spiro atoms. The number of benzene rings is 1. The minimum atomic E-state index is -4.03. The van der Waals surface area contributed by atoms with E-state index in [0.717, 1.165) is 0 Å². The third-order valence-corrected chi connectivity index (χ3v) is 3.56. The zero-order chi connectivity index (χ0) is 15.2. The molecular weight excluding hydrogens is 276 g/mol. The van der Waals surface area contributed by atoms with Gasteiger partial charge in [0.05, 0.1) is 4.90 Å². The van der Waals surface area contributed by atoms with Crippen molar-refractivity contribution in [2.75, 3.05) is 19.0 Å². The SMILES string of the molecule is CN(C)c1ccncc1.Cc1ccccc1S(=O)(=O)O. The second kappa shape index (κ2) is 7.02. The predicted octanol–water partition coefficient (Wildman–Crippen LogP) is 2.39. The van der Waals surface area contributed by atoms with Crippen LogP contribution in [0.4, 0.5) is 5.69 Å². The molecule has 0 aliphatic carbocycles. The first-order valence-electron chi connectivity index (χ1n) is 5.93. The third-order valence-electron chi connectivity index (χ3n) is 2.55. The van der Waals surface area contributed by atoms with Crippen LogP contribution >= 0.6 is 0 Å². The summed E-state index contributed by atoms with van der Waals surface area (Å²) in [6, 6.07) is 10.2. The highest BCUT2D eigenvalue weighted by Gasteiger charge is 2.10. The minimum absolute atomic E-state index is 0.0278. The Bertz CT molecular complexity index is 640. The van der Waals surface area contributed by atoms with Gasteiger partial charge >= 0.3 is 0 Å². The number of hydrogen-bond acceptors (Lipinski definition) is 4. The van der Waals surface area contributed by atoms with Gasteiger partial charge in [-0.3, -0.25) is 9.54 Å². The average Bonchev–Trinajstić information content (AvgIpc) is 2.39. The van der Waals surface area contributed by atoms with Crippen LogP contribution in [0.1, 0.15) is 5.56 Å². The lowest BCUT2D eigenvalue weighted by atomic mass is 10.2. The fraction of sp³-hybridized carbons (Fsp3) is 0.214. The Balaban J connectivity index is 0.000000204. The molecular formula is C14H18N2O3S. The van der Waals surface area contributed by atoms with E-state index in [-0.39, 0.29) is 4.90 Å². The molecule has 0 saturated heterocycles. The van der Waals surface area contributed by atoms with Gasteiger partial charge in [0.2, 0.25) is 0 Å². The predicted molar refractivity (Wildman–Crippen MR) is 79.6 cm³/mol. The van der Waals surface area contributed by atoms with E-state index in [1.807, 2.05) is 31.1 Å². The molecule has 0 fully saturated rings. The largest absolute Gasteiger partial charge is 0.378 e. The summed E-state index contributed by atoms with van der Waals surface area (Å²) in [6.07, 6.45) is 3.57. The number of pyridine rings is 1. The van der Waals surface area contributed by atoms with Crippen molar-refractivity contribution in [1.29, 1.82) is 0 Å². The first-order chi connectivity index (χ1) is 9.32. The number of nitrogens with zero attached hydrogens (tertiary/aromatic N) is 2. The van der Waals surface area contributed by atoms with Crippen LogP contribution in [0.5, 0.6) is 0 Å². The average molecular weight is 294 g/mol. The Morgan fingerprint density at radius 2 is 1.60 bits per heavy atom. The van der Waals surface area contributed by atoms with Crippen molar-refractivity contribution >= 4 is 15.8 Å². The smallest absolute Gasteiger partial charge is 0.294 e. The molecule has 2 rings (SSSR count). The maximum absolute atomic E-state index is 10.6. The molecule has 0 bridgehead atoms. The molecule has 5 nitrogen and oxygen atoms in total. The first kappa shape index (κ1) is 16.1. The molecule has 1 heterocycles. The molecule has 0 radical (unpaired) electrons. The Morgan fingerprint density at radius 3 is 1.95 bits per heavy atom. The van der Waals surface area contributed by atoms with Crippen molar-refractivity contribution in [2.24, 2.45) is 0 Å². The third kappa shape index (κ3) is 4.99. The standard InChI is InChI=1S/C7H10N2.C7H8O3S/c1-9(2)7-3-5-8-6-4-7;1-6-4-2-3-5-7(6)11(8,9)10/h3-6H,1-2H3;2-5H,1H3,(H,8,9,10). The summed E-state index contributed by atoms with van der Waals surface area (Å²) >= 11 is 0. The molecule has 1 N–H and O–H groups in total. The van der Waals surface area contributed by atoms with Crippen LogP contribution in [0.15, 0.2) is 53.7 Å².